The van der Waals surface area contributed by atoms with Gasteiger partial charge < -0.3 is 14.6 Å². The van der Waals surface area contributed by atoms with E-state index in [1.54, 1.807) is 0 Å². The third-order valence-electron chi connectivity index (χ3n) is 5.00. The van der Waals surface area contributed by atoms with Gasteiger partial charge in [0.1, 0.15) is 5.76 Å². The van der Waals surface area contributed by atoms with Crippen LogP contribution in [0.15, 0.2) is 16.5 Å². The van der Waals surface area contributed by atoms with E-state index in [0.29, 0.717) is 5.76 Å². The van der Waals surface area contributed by atoms with E-state index in [4.69, 9.17) is 4.42 Å². The number of piperidine rings is 1. The summed E-state index contributed by atoms with van der Waals surface area (Å²) in [6, 6.07) is 4.03. The van der Waals surface area contributed by atoms with Gasteiger partial charge in [-0.1, -0.05) is 0 Å². The molecule has 1 N–H and O–H groups in total. The van der Waals surface area contributed by atoms with Gasteiger partial charge in [-0.3, -0.25) is 9.69 Å². The SMILES string of the molecule is CSCCN1CCC(NC(=O)c2ccc(CN3CCCC3)o2)CC1. The Hall–Kier alpha value is -0.980. The summed E-state index contributed by atoms with van der Waals surface area (Å²) in [7, 11) is 0. The Morgan fingerprint density at radius 2 is 1.96 bits per heavy atom. The second-order valence-corrected chi connectivity index (χ2v) is 7.82. The van der Waals surface area contributed by atoms with Crippen molar-refractivity contribution < 1.29 is 9.21 Å². The predicted octanol–water partition coefficient (Wildman–Crippen LogP) is 2.43. The summed E-state index contributed by atoms with van der Waals surface area (Å²) in [6.45, 7) is 6.39. The average Bonchev–Trinajstić information content (AvgIpc) is 3.27. The molecule has 0 bridgehead atoms. The second kappa shape index (κ2) is 8.92. The van der Waals surface area contributed by atoms with E-state index in [2.05, 4.69) is 21.4 Å². The molecule has 3 heterocycles. The van der Waals surface area contributed by atoms with Crippen LogP contribution >= 0.6 is 11.8 Å². The van der Waals surface area contributed by atoms with E-state index in [9.17, 15) is 4.79 Å². The number of nitrogens with zero attached hydrogens (tertiary/aromatic N) is 2. The van der Waals surface area contributed by atoms with Crippen LogP contribution in [-0.4, -0.2) is 66.5 Å². The van der Waals surface area contributed by atoms with E-state index in [-0.39, 0.29) is 11.9 Å². The van der Waals surface area contributed by atoms with Crippen molar-refractivity contribution in [2.45, 2.75) is 38.3 Å². The van der Waals surface area contributed by atoms with E-state index in [1.165, 1.54) is 18.6 Å². The zero-order chi connectivity index (χ0) is 16.8. The molecule has 0 aliphatic carbocycles. The van der Waals surface area contributed by atoms with Gasteiger partial charge in [-0.2, -0.15) is 11.8 Å². The van der Waals surface area contributed by atoms with Crippen LogP contribution in [0.2, 0.25) is 0 Å². The smallest absolute Gasteiger partial charge is 0.287 e. The average molecular weight is 352 g/mol. The highest BCUT2D eigenvalue weighted by molar-refractivity contribution is 7.98. The van der Waals surface area contributed by atoms with Gasteiger partial charge >= 0.3 is 0 Å². The van der Waals surface area contributed by atoms with E-state index in [0.717, 1.165) is 57.9 Å². The van der Waals surface area contributed by atoms with Gasteiger partial charge in [-0.25, -0.2) is 0 Å². The van der Waals surface area contributed by atoms with Crippen molar-refractivity contribution in [3.05, 3.63) is 23.7 Å². The lowest BCUT2D eigenvalue weighted by atomic mass is 10.1. The number of furan rings is 1. The number of nitrogens with one attached hydrogen (secondary N) is 1. The van der Waals surface area contributed by atoms with Crippen molar-refractivity contribution >= 4 is 17.7 Å². The van der Waals surface area contributed by atoms with Crippen molar-refractivity contribution in [1.82, 2.24) is 15.1 Å². The lowest BCUT2D eigenvalue weighted by molar-refractivity contribution is 0.0881. The molecular formula is C18H29N3O2S. The first-order chi connectivity index (χ1) is 11.7. The van der Waals surface area contributed by atoms with Crippen molar-refractivity contribution in [1.29, 1.82) is 0 Å². The minimum absolute atomic E-state index is 0.0646. The van der Waals surface area contributed by atoms with Crippen molar-refractivity contribution in [3.63, 3.8) is 0 Å². The molecule has 0 spiro atoms. The fourth-order valence-electron chi connectivity index (χ4n) is 3.52. The van der Waals surface area contributed by atoms with Crippen LogP contribution in [0.3, 0.4) is 0 Å². The fourth-order valence-corrected chi connectivity index (χ4v) is 3.96. The zero-order valence-corrected chi connectivity index (χ0v) is 15.4. The Kier molecular flexibility index (Phi) is 6.63. The Morgan fingerprint density at radius 3 is 2.67 bits per heavy atom. The van der Waals surface area contributed by atoms with Gasteiger partial charge in [0.25, 0.3) is 5.91 Å². The summed E-state index contributed by atoms with van der Waals surface area (Å²) in [6.07, 6.45) is 6.74. The quantitative estimate of drug-likeness (QED) is 0.818. The molecule has 3 rings (SSSR count). The van der Waals surface area contributed by atoms with E-state index in [1.807, 2.05) is 23.9 Å². The van der Waals surface area contributed by atoms with E-state index >= 15 is 0 Å². The van der Waals surface area contributed by atoms with Crippen LogP contribution in [-0.2, 0) is 6.54 Å². The number of likely N-dealkylation sites (tertiary alicyclic amines) is 2. The number of carbonyl (C=O) groups is 1. The molecular weight excluding hydrogens is 322 g/mol. The van der Waals surface area contributed by atoms with Crippen LogP contribution in [0.4, 0.5) is 0 Å². The van der Waals surface area contributed by atoms with Crippen LogP contribution in [0.1, 0.15) is 42.0 Å². The van der Waals surface area contributed by atoms with Crippen LogP contribution in [0.5, 0.6) is 0 Å². The highest BCUT2D eigenvalue weighted by Gasteiger charge is 2.22. The van der Waals surface area contributed by atoms with Crippen LogP contribution in [0.25, 0.3) is 0 Å². The molecule has 0 aromatic carbocycles. The Balaban J connectivity index is 1.43. The predicted molar refractivity (Wildman–Crippen MR) is 98.5 cm³/mol. The normalized spacial score (nSPS) is 20.5. The fraction of sp³-hybridized carbons (Fsp3) is 0.722. The molecule has 2 aliphatic heterocycles. The van der Waals surface area contributed by atoms with Gasteiger partial charge in [-0.05, 0) is 57.2 Å². The van der Waals surface area contributed by atoms with Crippen LogP contribution in [0, 0.1) is 0 Å². The van der Waals surface area contributed by atoms with Gasteiger partial charge in [0.05, 0.1) is 6.54 Å². The zero-order valence-electron chi connectivity index (χ0n) is 14.6. The summed E-state index contributed by atoms with van der Waals surface area (Å²) < 4.78 is 5.76. The molecule has 0 radical (unpaired) electrons. The lowest BCUT2D eigenvalue weighted by Gasteiger charge is -2.31. The first-order valence-electron chi connectivity index (χ1n) is 9.08. The van der Waals surface area contributed by atoms with Gasteiger partial charge in [0.2, 0.25) is 0 Å². The highest BCUT2D eigenvalue weighted by Crippen LogP contribution is 2.16. The molecule has 5 nitrogen and oxygen atoms in total. The maximum atomic E-state index is 12.4. The molecule has 6 heteroatoms. The van der Waals surface area contributed by atoms with Crippen molar-refractivity contribution in [3.8, 4) is 0 Å². The summed E-state index contributed by atoms with van der Waals surface area (Å²) >= 11 is 1.89. The first-order valence-corrected chi connectivity index (χ1v) is 10.5. The summed E-state index contributed by atoms with van der Waals surface area (Å²) in [5.41, 5.74) is 0. The monoisotopic (exact) mass is 351 g/mol. The third kappa shape index (κ3) is 5.01. The molecule has 2 saturated heterocycles. The summed E-state index contributed by atoms with van der Waals surface area (Å²) in [5.74, 6) is 2.47. The second-order valence-electron chi connectivity index (χ2n) is 6.83. The molecule has 0 atom stereocenters. The maximum absolute atomic E-state index is 12.4. The Labute approximate surface area is 149 Å². The van der Waals surface area contributed by atoms with E-state index < -0.39 is 0 Å². The minimum atomic E-state index is -0.0646. The third-order valence-corrected chi connectivity index (χ3v) is 5.59. The topological polar surface area (TPSA) is 48.7 Å². The number of rotatable bonds is 7. The first kappa shape index (κ1) is 17.8. The molecule has 0 saturated carbocycles. The van der Waals surface area contributed by atoms with Gasteiger partial charge in [-0.15, -0.1) is 0 Å². The molecule has 2 fully saturated rings. The minimum Gasteiger partial charge on any atom is -0.455 e. The largest absolute Gasteiger partial charge is 0.455 e. The van der Waals surface area contributed by atoms with Crippen molar-refractivity contribution in [2.75, 3.05) is 44.7 Å². The Bertz CT molecular complexity index is 520. The number of hydrogen-bond donors (Lipinski definition) is 1. The van der Waals surface area contributed by atoms with Gasteiger partial charge in [0, 0.05) is 31.4 Å². The number of hydrogen-bond acceptors (Lipinski definition) is 5. The van der Waals surface area contributed by atoms with Crippen molar-refractivity contribution in [2.24, 2.45) is 0 Å². The number of amides is 1. The maximum Gasteiger partial charge on any atom is 0.287 e. The molecule has 1 aromatic heterocycles. The highest BCUT2D eigenvalue weighted by atomic mass is 32.2. The summed E-state index contributed by atoms with van der Waals surface area (Å²) in [5, 5.41) is 3.14. The van der Waals surface area contributed by atoms with Crippen LogP contribution < -0.4 is 5.32 Å². The Morgan fingerprint density at radius 1 is 1.21 bits per heavy atom. The standard InChI is InChI=1S/C18H29N3O2S/c1-24-13-12-20-10-6-15(7-11-20)19-18(22)17-5-4-16(23-17)14-21-8-2-3-9-21/h4-5,15H,2-3,6-14H2,1H3,(H,19,22). The molecule has 24 heavy (non-hydrogen) atoms. The summed E-state index contributed by atoms with van der Waals surface area (Å²) in [4.78, 5) is 17.2. The van der Waals surface area contributed by atoms with Gasteiger partial charge in [0.15, 0.2) is 5.76 Å². The lowest BCUT2D eigenvalue weighted by Crippen LogP contribution is -2.45. The number of carbonyl (C=O) groups excluding carboxylic acids is 1. The molecule has 0 unspecified atom stereocenters. The molecule has 2 aliphatic rings. The number of thioether (sulfide) groups is 1. The molecule has 1 aromatic rings. The molecule has 134 valence electrons. The molecule has 1 amide bonds.